The SMILES string of the molecule is COc1ccc(CN(Cc2ccc(OC)cc2)c2cc(C(C)C)nc3nc(OC4CC4)nn23)cc1. The van der Waals surface area contributed by atoms with E-state index in [4.69, 9.17) is 24.3 Å². The standard InChI is InChI=1S/C27H31N5O3/c1-18(2)24-15-25(32-26(28-24)29-27(30-32)35-23-13-14-23)31(16-19-5-9-21(33-3)10-6-19)17-20-7-11-22(34-4)12-8-20/h5-12,15,18,23H,13-14,16-17H2,1-4H3. The minimum Gasteiger partial charge on any atom is -0.497 e. The number of nitrogens with zero attached hydrogens (tertiary/aromatic N) is 5. The topological polar surface area (TPSA) is 74.0 Å². The van der Waals surface area contributed by atoms with Gasteiger partial charge < -0.3 is 19.1 Å². The van der Waals surface area contributed by atoms with Crippen LogP contribution in [0.2, 0.25) is 0 Å². The van der Waals surface area contributed by atoms with E-state index in [1.54, 1.807) is 18.7 Å². The van der Waals surface area contributed by atoms with Crippen LogP contribution in [0.25, 0.3) is 5.78 Å². The summed E-state index contributed by atoms with van der Waals surface area (Å²) >= 11 is 0. The van der Waals surface area contributed by atoms with E-state index < -0.39 is 0 Å². The van der Waals surface area contributed by atoms with E-state index in [9.17, 15) is 0 Å². The minimum absolute atomic E-state index is 0.218. The molecule has 35 heavy (non-hydrogen) atoms. The lowest BCUT2D eigenvalue weighted by Gasteiger charge is -2.26. The molecule has 2 heterocycles. The normalized spacial score (nSPS) is 13.3. The zero-order valence-corrected chi connectivity index (χ0v) is 20.6. The van der Waals surface area contributed by atoms with Crippen LogP contribution in [0.3, 0.4) is 0 Å². The predicted molar refractivity (Wildman–Crippen MR) is 134 cm³/mol. The highest BCUT2D eigenvalue weighted by atomic mass is 16.5. The Morgan fingerprint density at radius 2 is 1.46 bits per heavy atom. The van der Waals surface area contributed by atoms with E-state index in [1.807, 2.05) is 24.3 Å². The van der Waals surface area contributed by atoms with Crippen LogP contribution in [-0.4, -0.2) is 39.9 Å². The Balaban J connectivity index is 1.56. The summed E-state index contributed by atoms with van der Waals surface area (Å²) in [7, 11) is 3.36. The van der Waals surface area contributed by atoms with Gasteiger partial charge in [-0.15, -0.1) is 5.10 Å². The largest absolute Gasteiger partial charge is 0.497 e. The molecule has 2 aromatic heterocycles. The quantitative estimate of drug-likeness (QED) is 0.320. The molecule has 0 saturated heterocycles. The van der Waals surface area contributed by atoms with Gasteiger partial charge >= 0.3 is 6.01 Å². The molecular weight excluding hydrogens is 442 g/mol. The lowest BCUT2D eigenvalue weighted by molar-refractivity contribution is 0.279. The second-order valence-corrected chi connectivity index (χ2v) is 9.17. The average Bonchev–Trinajstić information content (AvgIpc) is 3.59. The van der Waals surface area contributed by atoms with Gasteiger partial charge in [0.15, 0.2) is 0 Å². The first kappa shape index (κ1) is 23.0. The highest BCUT2D eigenvalue weighted by Crippen LogP contribution is 2.29. The molecule has 0 N–H and O–H groups in total. The second kappa shape index (κ2) is 9.82. The first-order chi connectivity index (χ1) is 17.0. The van der Waals surface area contributed by atoms with Gasteiger partial charge in [0.25, 0.3) is 5.78 Å². The van der Waals surface area contributed by atoms with Gasteiger partial charge in [-0.1, -0.05) is 38.1 Å². The summed E-state index contributed by atoms with van der Waals surface area (Å²) in [6.07, 6.45) is 2.32. The highest BCUT2D eigenvalue weighted by Gasteiger charge is 2.26. The average molecular weight is 474 g/mol. The molecule has 0 unspecified atom stereocenters. The number of benzene rings is 2. The molecule has 8 heteroatoms. The molecule has 4 aromatic rings. The van der Waals surface area contributed by atoms with Crippen molar-refractivity contribution in [2.75, 3.05) is 19.1 Å². The Labute approximate surface area is 205 Å². The van der Waals surface area contributed by atoms with Crippen LogP contribution < -0.4 is 19.1 Å². The number of fused-ring (bicyclic) bond motifs is 1. The van der Waals surface area contributed by atoms with E-state index in [2.05, 4.69) is 54.1 Å². The summed E-state index contributed by atoms with van der Waals surface area (Å²) in [5.74, 6) is 3.39. The third kappa shape index (κ3) is 5.31. The number of hydrogen-bond donors (Lipinski definition) is 0. The Morgan fingerprint density at radius 3 is 1.94 bits per heavy atom. The van der Waals surface area contributed by atoms with E-state index in [0.29, 0.717) is 24.9 Å². The third-order valence-corrected chi connectivity index (χ3v) is 6.07. The summed E-state index contributed by atoms with van der Waals surface area (Å²) in [5, 5.41) is 4.69. The van der Waals surface area contributed by atoms with Crippen molar-refractivity contribution in [2.45, 2.75) is 51.8 Å². The van der Waals surface area contributed by atoms with Crippen LogP contribution in [0.15, 0.2) is 54.6 Å². The van der Waals surface area contributed by atoms with Crippen molar-refractivity contribution in [3.63, 3.8) is 0 Å². The number of aromatic nitrogens is 4. The Hall–Kier alpha value is -3.81. The number of ether oxygens (including phenoxy) is 3. The Morgan fingerprint density at radius 1 is 0.886 bits per heavy atom. The highest BCUT2D eigenvalue weighted by molar-refractivity contribution is 5.50. The molecule has 1 fully saturated rings. The van der Waals surface area contributed by atoms with Crippen molar-refractivity contribution in [3.8, 4) is 17.5 Å². The van der Waals surface area contributed by atoms with Gasteiger partial charge in [-0.05, 0) is 54.2 Å². The maximum Gasteiger partial charge on any atom is 0.338 e. The monoisotopic (exact) mass is 473 g/mol. The van der Waals surface area contributed by atoms with Crippen molar-refractivity contribution in [1.29, 1.82) is 0 Å². The zero-order valence-electron chi connectivity index (χ0n) is 20.6. The summed E-state index contributed by atoms with van der Waals surface area (Å²) in [6, 6.07) is 18.8. The molecule has 0 atom stereocenters. The van der Waals surface area contributed by atoms with Crippen LogP contribution in [-0.2, 0) is 13.1 Å². The summed E-state index contributed by atoms with van der Waals surface area (Å²) < 4.78 is 18.4. The molecule has 182 valence electrons. The van der Waals surface area contributed by atoms with E-state index >= 15 is 0 Å². The van der Waals surface area contributed by atoms with Gasteiger partial charge in [0, 0.05) is 19.2 Å². The van der Waals surface area contributed by atoms with Crippen LogP contribution in [0, 0.1) is 0 Å². The summed E-state index contributed by atoms with van der Waals surface area (Å²) in [4.78, 5) is 11.7. The molecule has 0 amide bonds. The third-order valence-electron chi connectivity index (χ3n) is 6.07. The molecule has 0 aliphatic heterocycles. The number of hydrogen-bond acceptors (Lipinski definition) is 7. The Kier molecular flexibility index (Phi) is 6.44. The molecule has 1 aliphatic carbocycles. The number of rotatable bonds is 10. The number of methoxy groups -OCH3 is 2. The van der Waals surface area contributed by atoms with Crippen molar-refractivity contribution in [3.05, 3.63) is 71.4 Å². The van der Waals surface area contributed by atoms with Crippen molar-refractivity contribution in [1.82, 2.24) is 19.6 Å². The van der Waals surface area contributed by atoms with E-state index in [-0.39, 0.29) is 12.0 Å². The molecule has 0 bridgehead atoms. The molecule has 1 aliphatic rings. The van der Waals surface area contributed by atoms with E-state index in [0.717, 1.165) is 47.0 Å². The van der Waals surface area contributed by atoms with Gasteiger partial charge in [-0.25, -0.2) is 4.98 Å². The molecule has 0 spiro atoms. The first-order valence-corrected chi connectivity index (χ1v) is 12.0. The van der Waals surface area contributed by atoms with Gasteiger partial charge in [0.2, 0.25) is 0 Å². The summed E-state index contributed by atoms with van der Waals surface area (Å²) in [5.41, 5.74) is 3.28. The van der Waals surface area contributed by atoms with Gasteiger partial charge in [-0.3, -0.25) is 0 Å². The molecule has 0 radical (unpaired) electrons. The van der Waals surface area contributed by atoms with Crippen LogP contribution in [0.5, 0.6) is 17.5 Å². The zero-order chi connectivity index (χ0) is 24.4. The summed E-state index contributed by atoms with van der Waals surface area (Å²) in [6.45, 7) is 5.62. The fourth-order valence-corrected chi connectivity index (χ4v) is 3.88. The van der Waals surface area contributed by atoms with Gasteiger partial charge in [-0.2, -0.15) is 9.50 Å². The molecule has 2 aromatic carbocycles. The molecular formula is C27H31N5O3. The van der Waals surface area contributed by atoms with Crippen molar-refractivity contribution in [2.24, 2.45) is 0 Å². The lowest BCUT2D eigenvalue weighted by atomic mass is 10.1. The van der Waals surface area contributed by atoms with Crippen LogP contribution in [0.1, 0.15) is 49.4 Å². The number of anilines is 1. The maximum atomic E-state index is 5.90. The smallest absolute Gasteiger partial charge is 0.338 e. The molecule has 5 rings (SSSR count). The first-order valence-electron chi connectivity index (χ1n) is 12.0. The molecule has 1 saturated carbocycles. The lowest BCUT2D eigenvalue weighted by Crippen LogP contribution is -2.25. The molecule has 8 nitrogen and oxygen atoms in total. The minimum atomic E-state index is 0.218. The van der Waals surface area contributed by atoms with Crippen LogP contribution >= 0.6 is 0 Å². The van der Waals surface area contributed by atoms with E-state index in [1.165, 1.54) is 0 Å². The maximum absolute atomic E-state index is 5.90. The van der Waals surface area contributed by atoms with Crippen molar-refractivity contribution >= 4 is 11.6 Å². The van der Waals surface area contributed by atoms with Crippen LogP contribution in [0.4, 0.5) is 5.82 Å². The fourth-order valence-electron chi connectivity index (χ4n) is 3.88. The van der Waals surface area contributed by atoms with Gasteiger partial charge in [0.05, 0.1) is 19.9 Å². The fraction of sp³-hybridized carbons (Fsp3) is 0.370. The predicted octanol–water partition coefficient (Wildman–Crippen LogP) is 5.01. The van der Waals surface area contributed by atoms with Crippen molar-refractivity contribution < 1.29 is 14.2 Å². The Bertz CT molecular complexity index is 1230. The van der Waals surface area contributed by atoms with Gasteiger partial charge in [0.1, 0.15) is 23.4 Å². The second-order valence-electron chi connectivity index (χ2n) is 9.17.